The normalized spacial score (nSPS) is 27.8. The van der Waals surface area contributed by atoms with Gasteiger partial charge in [0.05, 0.1) is 0 Å². The summed E-state index contributed by atoms with van der Waals surface area (Å²) in [5, 5.41) is 0. The van der Waals surface area contributed by atoms with E-state index in [1.165, 1.54) is 153 Å². The van der Waals surface area contributed by atoms with Crippen LogP contribution in [0.25, 0.3) is 0 Å². The monoisotopic (exact) mass is 630 g/mol. The van der Waals surface area contributed by atoms with E-state index < -0.39 is 0 Å². The maximum atomic E-state index is 4.45. The molecule has 3 saturated carbocycles. The molecule has 4 nitrogen and oxygen atoms in total. The van der Waals surface area contributed by atoms with Gasteiger partial charge in [0.1, 0.15) is 0 Å². The van der Waals surface area contributed by atoms with Gasteiger partial charge in [0, 0.05) is 75.4 Å². The van der Waals surface area contributed by atoms with E-state index in [0.717, 1.165) is 24.0 Å². The zero-order chi connectivity index (χ0) is 30.8. The zero-order valence-corrected chi connectivity index (χ0v) is 29.3. The quantitative estimate of drug-likeness (QED) is 0.234. The molecule has 5 heteroatoms. The number of benzene rings is 2. The molecule has 2 aromatic rings. The van der Waals surface area contributed by atoms with E-state index in [4.69, 9.17) is 0 Å². The highest BCUT2D eigenvalue weighted by molar-refractivity contribution is 8.12. The molecule has 0 amide bonds. The lowest BCUT2D eigenvalue weighted by Gasteiger charge is -2.43. The van der Waals surface area contributed by atoms with Crippen molar-refractivity contribution in [3.05, 3.63) is 65.7 Å². The first-order chi connectivity index (χ1) is 22.1. The lowest BCUT2D eigenvalue weighted by Crippen LogP contribution is -2.53. The van der Waals surface area contributed by atoms with Gasteiger partial charge in [0.2, 0.25) is 0 Å². The summed E-state index contributed by atoms with van der Waals surface area (Å²) in [5.41, 5.74) is 2.90. The molecular formula is C40H62N4S. The molecule has 1 atom stereocenters. The zero-order valence-electron chi connectivity index (χ0n) is 28.5. The highest BCUT2D eigenvalue weighted by Crippen LogP contribution is 2.36. The fourth-order valence-electron chi connectivity index (χ4n) is 8.99. The number of hydrogen-bond donors (Lipinski definition) is 0. The Hall–Kier alpha value is -1.50. The van der Waals surface area contributed by atoms with Gasteiger partial charge in [-0.05, 0) is 81.9 Å². The van der Waals surface area contributed by atoms with Gasteiger partial charge in [-0.2, -0.15) is 0 Å². The summed E-state index contributed by atoms with van der Waals surface area (Å²) in [7, 11) is 0.00525. The predicted molar refractivity (Wildman–Crippen MR) is 196 cm³/mol. The summed E-state index contributed by atoms with van der Waals surface area (Å²) < 4.78 is 2.58. The van der Waals surface area contributed by atoms with Crippen LogP contribution in [-0.2, 0) is 0 Å². The van der Waals surface area contributed by atoms with Gasteiger partial charge in [-0.25, -0.2) is 0 Å². The molecule has 2 aromatic carbocycles. The van der Waals surface area contributed by atoms with Crippen LogP contribution in [0.5, 0.6) is 0 Å². The first-order valence-corrected chi connectivity index (χ1v) is 20.1. The van der Waals surface area contributed by atoms with Crippen molar-refractivity contribution < 1.29 is 0 Å². The third-order valence-corrected chi connectivity index (χ3v) is 13.7. The molecule has 2 heterocycles. The van der Waals surface area contributed by atoms with E-state index in [1.807, 2.05) is 0 Å². The Morgan fingerprint density at radius 3 is 1.47 bits per heavy atom. The third-order valence-electron chi connectivity index (χ3n) is 11.9. The molecule has 0 aromatic heterocycles. The maximum Gasteiger partial charge on any atom is 0.0216 e. The summed E-state index contributed by atoms with van der Waals surface area (Å²) in [6.45, 7) is 12.2. The minimum absolute atomic E-state index is 0.00525. The number of piperazine rings is 2. The molecule has 0 radical (unpaired) electrons. The minimum Gasteiger partial charge on any atom is -0.298 e. The fraction of sp³-hybridized carbons (Fsp3) is 0.675. The van der Waals surface area contributed by atoms with Crippen LogP contribution >= 0.6 is 10.7 Å². The van der Waals surface area contributed by atoms with Crippen LogP contribution in [0.3, 0.4) is 0 Å². The molecule has 45 heavy (non-hydrogen) atoms. The molecule has 5 aliphatic rings. The molecule has 0 bridgehead atoms. The van der Waals surface area contributed by atoms with Crippen LogP contribution in [0.2, 0.25) is 0 Å². The molecule has 248 valence electrons. The molecule has 7 rings (SSSR count). The number of hydrogen-bond acceptors (Lipinski definition) is 4. The standard InChI is InChI=1S/C21H32N2.C19H30N2S/c1-2-6-18(7-3-1)19-10-12-21(13-11-19)23-16-14-22(15-17-23)20-8-4-5-9-20;1-17-9-11-19(12-10-17)22(2)21-15-13-20(14-16-21)18-7-5-3-4-6-8-18/h1-3,6-7,19-21H,4-5,8-17H2;9-12,18H,2-8,13-16H2,1H3. The van der Waals surface area contributed by atoms with E-state index in [0.29, 0.717) is 0 Å². The molecule has 0 spiro atoms. The molecule has 3 aliphatic carbocycles. The Balaban J connectivity index is 0.000000159. The van der Waals surface area contributed by atoms with Crippen molar-refractivity contribution in [2.45, 2.75) is 126 Å². The summed E-state index contributed by atoms with van der Waals surface area (Å²) >= 11 is 0. The van der Waals surface area contributed by atoms with Crippen LogP contribution in [0.1, 0.15) is 107 Å². The highest BCUT2D eigenvalue weighted by Gasteiger charge is 2.31. The molecular weight excluding hydrogens is 569 g/mol. The summed E-state index contributed by atoms with van der Waals surface area (Å²) in [5.74, 6) is 5.26. The first-order valence-electron chi connectivity index (χ1n) is 18.8. The summed E-state index contributed by atoms with van der Waals surface area (Å²) in [6.07, 6.45) is 20.1. The van der Waals surface area contributed by atoms with Crippen molar-refractivity contribution in [1.29, 1.82) is 0 Å². The van der Waals surface area contributed by atoms with Crippen molar-refractivity contribution in [2.24, 2.45) is 0 Å². The van der Waals surface area contributed by atoms with Gasteiger partial charge in [0.25, 0.3) is 0 Å². The maximum absolute atomic E-state index is 4.45. The van der Waals surface area contributed by atoms with E-state index in [1.54, 1.807) is 5.56 Å². The van der Waals surface area contributed by atoms with Gasteiger partial charge in [-0.1, -0.05) is 103 Å². The molecule has 0 N–H and O–H groups in total. The molecule has 2 aliphatic heterocycles. The van der Waals surface area contributed by atoms with E-state index in [9.17, 15) is 0 Å². The van der Waals surface area contributed by atoms with Crippen LogP contribution in [0, 0.1) is 6.92 Å². The molecule has 1 unspecified atom stereocenters. The first kappa shape index (κ1) is 33.4. The van der Waals surface area contributed by atoms with E-state index in [2.05, 4.69) is 86.4 Å². The Morgan fingerprint density at radius 2 is 0.956 bits per heavy atom. The average molecular weight is 631 g/mol. The second-order valence-corrected chi connectivity index (χ2v) is 16.4. The van der Waals surface area contributed by atoms with Crippen molar-refractivity contribution in [2.75, 3.05) is 52.4 Å². The van der Waals surface area contributed by atoms with Gasteiger partial charge in [0.15, 0.2) is 0 Å². The van der Waals surface area contributed by atoms with Gasteiger partial charge in [-0.3, -0.25) is 19.0 Å². The smallest absolute Gasteiger partial charge is 0.0216 e. The second kappa shape index (κ2) is 17.1. The van der Waals surface area contributed by atoms with Crippen LogP contribution in [0.15, 0.2) is 59.5 Å². The highest BCUT2D eigenvalue weighted by atomic mass is 32.2. The Labute approximate surface area is 278 Å². The largest absolute Gasteiger partial charge is 0.298 e. The lowest BCUT2D eigenvalue weighted by atomic mass is 9.81. The Morgan fingerprint density at radius 1 is 0.511 bits per heavy atom. The molecule has 2 saturated heterocycles. The van der Waals surface area contributed by atoms with Crippen LogP contribution < -0.4 is 0 Å². The third kappa shape index (κ3) is 9.32. The number of rotatable bonds is 6. The van der Waals surface area contributed by atoms with Crippen molar-refractivity contribution >= 4 is 16.5 Å². The lowest BCUT2D eigenvalue weighted by molar-refractivity contribution is 0.0557. The van der Waals surface area contributed by atoms with Crippen molar-refractivity contribution in [3.8, 4) is 0 Å². The van der Waals surface area contributed by atoms with E-state index in [-0.39, 0.29) is 10.7 Å². The summed E-state index contributed by atoms with van der Waals surface area (Å²) in [6, 6.07) is 22.8. The van der Waals surface area contributed by atoms with Crippen molar-refractivity contribution in [3.63, 3.8) is 0 Å². The van der Waals surface area contributed by atoms with Gasteiger partial charge in [-0.15, -0.1) is 0 Å². The topological polar surface area (TPSA) is 13.0 Å². The average Bonchev–Trinajstić information content (AvgIpc) is 3.52. The fourth-order valence-corrected chi connectivity index (χ4v) is 10.3. The molecule has 5 fully saturated rings. The minimum atomic E-state index is 0.00525. The Bertz CT molecular complexity index is 1130. The van der Waals surface area contributed by atoms with Gasteiger partial charge < -0.3 is 0 Å². The van der Waals surface area contributed by atoms with E-state index >= 15 is 0 Å². The summed E-state index contributed by atoms with van der Waals surface area (Å²) in [4.78, 5) is 9.74. The van der Waals surface area contributed by atoms with Crippen LogP contribution in [-0.4, -0.2) is 95.4 Å². The van der Waals surface area contributed by atoms with Crippen molar-refractivity contribution in [1.82, 2.24) is 19.0 Å². The van der Waals surface area contributed by atoms with Gasteiger partial charge >= 0.3 is 0 Å². The Kier molecular flexibility index (Phi) is 12.7. The predicted octanol–water partition coefficient (Wildman–Crippen LogP) is 8.58. The number of nitrogens with zero attached hydrogens (tertiary/aromatic N) is 4. The SMILES string of the molecule is C=S(c1ccc(C)cc1)N1CCN(C2CCCCCC2)CC1.c1ccc(C2CCC(N3CCN(C4CCCC4)CC3)CC2)cc1. The second-order valence-electron chi connectivity index (χ2n) is 14.7. The van der Waals surface area contributed by atoms with Crippen LogP contribution in [0.4, 0.5) is 0 Å². The number of aryl methyl sites for hydroxylation is 1.